The second-order valence-corrected chi connectivity index (χ2v) is 9.23. The van der Waals surface area contributed by atoms with Crippen molar-refractivity contribution in [1.29, 1.82) is 0 Å². The largest absolute Gasteiger partial charge is 0.456 e. The van der Waals surface area contributed by atoms with E-state index in [1.165, 1.54) is 12.1 Å². The van der Waals surface area contributed by atoms with Crippen LogP contribution in [-0.4, -0.2) is 32.7 Å². The fraction of sp³-hybridized carbons (Fsp3) is 0.300. The number of carbonyl (C=O) groups is 2. The van der Waals surface area contributed by atoms with Gasteiger partial charge in [0.15, 0.2) is 16.4 Å². The van der Waals surface area contributed by atoms with Crippen LogP contribution in [0.4, 0.5) is 18.9 Å². The molecule has 11 heteroatoms. The number of esters is 1. The van der Waals surface area contributed by atoms with Crippen LogP contribution in [0.25, 0.3) is 0 Å². The number of sulfone groups is 1. The van der Waals surface area contributed by atoms with Crippen molar-refractivity contribution in [3.8, 4) is 0 Å². The number of rotatable bonds is 7. The summed E-state index contributed by atoms with van der Waals surface area (Å²) < 4.78 is 67.7. The van der Waals surface area contributed by atoms with E-state index >= 15 is 0 Å². The number of hydrogen-bond donors (Lipinski definition) is 1. The Morgan fingerprint density at radius 1 is 1.06 bits per heavy atom. The number of halogens is 4. The second kappa shape index (κ2) is 9.69. The number of ether oxygens (including phenoxy) is 1. The van der Waals surface area contributed by atoms with Crippen molar-refractivity contribution in [1.82, 2.24) is 0 Å². The van der Waals surface area contributed by atoms with E-state index in [1.54, 1.807) is 13.0 Å². The summed E-state index contributed by atoms with van der Waals surface area (Å²) in [7, 11) is -3.73. The average Bonchev–Trinajstić information content (AvgIpc) is 2.67. The number of hydrogen-bond acceptors (Lipinski definition) is 5. The molecule has 0 radical (unpaired) electrons. The number of alkyl halides is 3. The molecule has 0 atom stereocenters. The van der Waals surface area contributed by atoms with Gasteiger partial charge in [-0.05, 0) is 55.3 Å². The summed E-state index contributed by atoms with van der Waals surface area (Å²) in [4.78, 5) is 23.8. The lowest BCUT2D eigenvalue weighted by Gasteiger charge is -2.12. The van der Waals surface area contributed by atoms with E-state index in [1.807, 2.05) is 6.92 Å². The topological polar surface area (TPSA) is 89.5 Å². The summed E-state index contributed by atoms with van der Waals surface area (Å²) in [5.41, 5.74) is 0.398. The number of amides is 1. The molecule has 0 aliphatic carbocycles. The van der Waals surface area contributed by atoms with Crippen LogP contribution in [0.15, 0.2) is 41.3 Å². The Labute approximate surface area is 182 Å². The average molecular weight is 478 g/mol. The van der Waals surface area contributed by atoms with E-state index in [2.05, 4.69) is 5.32 Å². The van der Waals surface area contributed by atoms with Crippen molar-refractivity contribution in [2.45, 2.75) is 31.3 Å². The molecule has 2 aromatic carbocycles. The highest BCUT2D eigenvalue weighted by Gasteiger charge is 2.31. The van der Waals surface area contributed by atoms with Crippen molar-refractivity contribution in [3.63, 3.8) is 0 Å². The van der Waals surface area contributed by atoms with Gasteiger partial charge in [-0.1, -0.05) is 17.7 Å². The van der Waals surface area contributed by atoms with Gasteiger partial charge in [0.25, 0.3) is 5.91 Å². The fourth-order valence-electron chi connectivity index (χ4n) is 2.44. The van der Waals surface area contributed by atoms with E-state index in [-0.39, 0.29) is 15.6 Å². The van der Waals surface area contributed by atoms with Gasteiger partial charge in [-0.3, -0.25) is 9.59 Å². The number of benzene rings is 2. The van der Waals surface area contributed by atoms with Crippen LogP contribution in [0.5, 0.6) is 0 Å². The molecule has 6 nitrogen and oxygen atoms in total. The molecule has 0 aliphatic heterocycles. The van der Waals surface area contributed by atoms with Crippen LogP contribution in [0, 0.1) is 13.8 Å². The molecule has 1 N–H and O–H groups in total. The van der Waals surface area contributed by atoms with Gasteiger partial charge >= 0.3 is 12.1 Å². The van der Waals surface area contributed by atoms with Gasteiger partial charge < -0.3 is 10.1 Å². The first kappa shape index (κ1) is 24.7. The molecule has 0 bridgehead atoms. The predicted molar refractivity (Wildman–Crippen MR) is 109 cm³/mol. The zero-order valence-electron chi connectivity index (χ0n) is 16.5. The molecule has 0 heterocycles. The Balaban J connectivity index is 1.90. The molecule has 2 aromatic rings. The second-order valence-electron chi connectivity index (χ2n) is 6.72. The SMILES string of the molecule is Cc1ccc(S(=O)(=O)CCC(=O)OCC(=O)Nc2cc(C(F)(F)F)ccc2Cl)cc1C. The lowest BCUT2D eigenvalue weighted by Crippen LogP contribution is -2.22. The van der Waals surface area contributed by atoms with Crippen molar-refractivity contribution in [2.75, 3.05) is 17.7 Å². The summed E-state index contributed by atoms with van der Waals surface area (Å²) in [5, 5.41) is 1.99. The summed E-state index contributed by atoms with van der Waals surface area (Å²) in [6, 6.07) is 6.98. The van der Waals surface area contributed by atoms with Crippen molar-refractivity contribution < 1.29 is 35.9 Å². The lowest BCUT2D eigenvalue weighted by atomic mass is 10.1. The summed E-state index contributed by atoms with van der Waals surface area (Å²) in [5.74, 6) is -2.39. The van der Waals surface area contributed by atoms with Gasteiger partial charge in [0.1, 0.15) is 0 Å². The summed E-state index contributed by atoms with van der Waals surface area (Å²) in [6.45, 7) is 2.79. The molecule has 2 rings (SSSR count). The van der Waals surface area contributed by atoms with Crippen molar-refractivity contribution in [3.05, 3.63) is 58.1 Å². The molecular formula is C20H19ClF3NO5S. The summed E-state index contributed by atoms with van der Waals surface area (Å²) >= 11 is 5.78. The van der Waals surface area contributed by atoms with E-state index in [0.717, 1.165) is 23.3 Å². The highest BCUT2D eigenvalue weighted by atomic mass is 35.5. The highest BCUT2D eigenvalue weighted by molar-refractivity contribution is 7.91. The van der Waals surface area contributed by atoms with Gasteiger partial charge in [0.2, 0.25) is 0 Å². The minimum absolute atomic E-state index is 0.0698. The third-order valence-electron chi connectivity index (χ3n) is 4.34. The molecule has 31 heavy (non-hydrogen) atoms. The van der Waals surface area contributed by atoms with Gasteiger partial charge in [-0.15, -0.1) is 0 Å². The molecule has 0 unspecified atom stereocenters. The molecule has 168 valence electrons. The van der Waals surface area contributed by atoms with Crippen LogP contribution >= 0.6 is 11.6 Å². The monoisotopic (exact) mass is 477 g/mol. The normalized spacial score (nSPS) is 11.8. The Morgan fingerprint density at radius 3 is 2.35 bits per heavy atom. The highest BCUT2D eigenvalue weighted by Crippen LogP contribution is 2.33. The predicted octanol–water partition coefficient (Wildman–Crippen LogP) is 4.32. The fourth-order valence-corrected chi connectivity index (χ4v) is 3.91. The Hall–Kier alpha value is -2.59. The van der Waals surface area contributed by atoms with Crippen LogP contribution in [0.1, 0.15) is 23.1 Å². The maximum atomic E-state index is 12.8. The van der Waals surface area contributed by atoms with Crippen molar-refractivity contribution in [2.24, 2.45) is 0 Å². The Bertz CT molecular complexity index is 1100. The first-order valence-electron chi connectivity index (χ1n) is 8.92. The first-order valence-corrected chi connectivity index (χ1v) is 10.9. The smallest absolute Gasteiger partial charge is 0.416 e. The minimum Gasteiger partial charge on any atom is -0.456 e. The molecule has 0 spiro atoms. The van der Waals surface area contributed by atoms with Gasteiger partial charge in [0, 0.05) is 0 Å². The van der Waals surface area contributed by atoms with Crippen molar-refractivity contribution >= 4 is 39.0 Å². The van der Waals surface area contributed by atoms with Crippen LogP contribution in [0.3, 0.4) is 0 Å². The van der Waals surface area contributed by atoms with E-state index in [0.29, 0.717) is 6.07 Å². The Kier molecular flexibility index (Phi) is 7.72. The number of aryl methyl sites for hydroxylation is 2. The van der Waals surface area contributed by atoms with Gasteiger partial charge in [-0.2, -0.15) is 13.2 Å². The van der Waals surface area contributed by atoms with Gasteiger partial charge in [0.05, 0.1) is 33.3 Å². The molecule has 0 aromatic heterocycles. The minimum atomic E-state index is -4.63. The third-order valence-corrected chi connectivity index (χ3v) is 6.39. The molecule has 0 fully saturated rings. The number of anilines is 1. The molecule has 0 aliphatic rings. The zero-order chi connectivity index (χ0) is 23.4. The molecule has 1 amide bonds. The van der Waals surface area contributed by atoms with Crippen LogP contribution < -0.4 is 5.32 Å². The van der Waals surface area contributed by atoms with E-state index in [4.69, 9.17) is 16.3 Å². The maximum Gasteiger partial charge on any atom is 0.416 e. The molecule has 0 saturated heterocycles. The first-order chi connectivity index (χ1) is 14.3. The standard InChI is InChI=1S/C20H19ClF3NO5S/c1-12-3-5-15(9-13(12)2)31(28,29)8-7-19(27)30-11-18(26)25-17-10-14(20(22,23)24)4-6-16(17)21/h3-6,9-10H,7-8,11H2,1-2H3,(H,25,26). The third kappa shape index (κ3) is 6.96. The molecule has 0 saturated carbocycles. The zero-order valence-corrected chi connectivity index (χ0v) is 18.1. The number of nitrogens with one attached hydrogen (secondary N) is 1. The lowest BCUT2D eigenvalue weighted by molar-refractivity contribution is -0.146. The van der Waals surface area contributed by atoms with Crippen LogP contribution in [-0.2, 0) is 30.3 Å². The van der Waals surface area contributed by atoms with E-state index < -0.39 is 52.2 Å². The quantitative estimate of drug-likeness (QED) is 0.600. The summed E-state index contributed by atoms with van der Waals surface area (Å²) in [6.07, 6.45) is -5.12. The Morgan fingerprint density at radius 2 is 1.74 bits per heavy atom. The molecular weight excluding hydrogens is 459 g/mol. The number of carbonyl (C=O) groups excluding carboxylic acids is 2. The van der Waals surface area contributed by atoms with E-state index in [9.17, 15) is 31.2 Å². The van der Waals surface area contributed by atoms with Crippen LogP contribution in [0.2, 0.25) is 5.02 Å². The van der Waals surface area contributed by atoms with Gasteiger partial charge in [-0.25, -0.2) is 8.42 Å². The maximum absolute atomic E-state index is 12.8.